The molecule has 0 bridgehead atoms. The lowest BCUT2D eigenvalue weighted by atomic mass is 10.1. The largest absolute Gasteiger partial charge is 0.325 e. The lowest BCUT2D eigenvalue weighted by Gasteiger charge is -2.10. The minimum atomic E-state index is -0.460. The van der Waals surface area contributed by atoms with E-state index in [1.54, 1.807) is 0 Å². The predicted octanol–water partition coefficient (Wildman–Crippen LogP) is 4.00. The number of hydrogen-bond donors (Lipinski definition) is 1. The number of alkyl halides is 2. The number of allylic oxidation sites excluding steroid dienone is 1. The summed E-state index contributed by atoms with van der Waals surface area (Å²) in [6.07, 6.45) is 7.14. The summed E-state index contributed by atoms with van der Waals surface area (Å²) in [5.74, 6) is 0. The van der Waals surface area contributed by atoms with Crippen molar-refractivity contribution in [2.45, 2.75) is 30.1 Å². The Labute approximate surface area is 107 Å². The molecule has 0 aliphatic carbocycles. The molecule has 0 aliphatic rings. The second-order valence-electron chi connectivity index (χ2n) is 3.74. The molecule has 0 amide bonds. The molecule has 0 saturated carbocycles. The third kappa shape index (κ3) is 5.55. The van der Waals surface area contributed by atoms with E-state index in [1.165, 1.54) is 5.56 Å². The zero-order chi connectivity index (χ0) is 11.8. The van der Waals surface area contributed by atoms with E-state index >= 15 is 0 Å². The van der Waals surface area contributed by atoms with E-state index in [-0.39, 0.29) is 6.04 Å². The Morgan fingerprint density at radius 1 is 1.19 bits per heavy atom. The minimum absolute atomic E-state index is 0.117. The fourth-order valence-corrected chi connectivity index (χ4v) is 1.63. The molecule has 0 heterocycles. The normalized spacial score (nSPS) is 13.5. The van der Waals surface area contributed by atoms with Crippen LogP contribution in [0.4, 0.5) is 0 Å². The molecule has 1 aromatic carbocycles. The van der Waals surface area contributed by atoms with Crippen molar-refractivity contribution in [2.75, 3.05) is 0 Å². The number of benzene rings is 1. The molecule has 1 aromatic rings. The Hall–Kier alpha value is -0.500. The second-order valence-corrected chi connectivity index (χ2v) is 4.91. The molecule has 3 heteroatoms. The maximum absolute atomic E-state index is 5.72. The highest BCUT2D eigenvalue weighted by Crippen LogP contribution is 2.12. The van der Waals surface area contributed by atoms with Gasteiger partial charge in [-0.05, 0) is 24.8 Å². The summed E-state index contributed by atoms with van der Waals surface area (Å²) in [7, 11) is 0. The van der Waals surface area contributed by atoms with Crippen LogP contribution in [0.2, 0.25) is 0 Å². The van der Waals surface area contributed by atoms with Crippen LogP contribution >= 0.6 is 23.2 Å². The minimum Gasteiger partial charge on any atom is -0.325 e. The van der Waals surface area contributed by atoms with E-state index in [0.717, 1.165) is 19.3 Å². The van der Waals surface area contributed by atoms with Crippen LogP contribution in [0.5, 0.6) is 0 Å². The Balaban J connectivity index is 2.19. The number of hydrogen-bond acceptors (Lipinski definition) is 1. The van der Waals surface area contributed by atoms with Gasteiger partial charge in [-0.15, -0.1) is 23.2 Å². The van der Waals surface area contributed by atoms with Crippen LogP contribution in [-0.4, -0.2) is 10.9 Å². The molecule has 0 aliphatic heterocycles. The molecule has 0 radical (unpaired) electrons. The molecular formula is C13H17Cl2N. The molecule has 1 atom stereocenters. The van der Waals surface area contributed by atoms with Crippen molar-refractivity contribution >= 4 is 29.3 Å². The first-order chi connectivity index (χ1) is 7.70. The summed E-state index contributed by atoms with van der Waals surface area (Å²) < 4.78 is 0. The highest BCUT2D eigenvalue weighted by Gasteiger charge is 2.09. The van der Waals surface area contributed by atoms with E-state index in [1.807, 2.05) is 18.2 Å². The fraction of sp³-hybridized carbons (Fsp3) is 0.385. The molecule has 1 nitrogen and oxygen atoms in total. The smallest absolute Gasteiger partial charge is 0.122 e. The van der Waals surface area contributed by atoms with Gasteiger partial charge in [0.05, 0.1) is 0 Å². The molecule has 0 fully saturated rings. The van der Waals surface area contributed by atoms with Crippen molar-refractivity contribution in [2.24, 2.45) is 5.73 Å². The standard InChI is InChI=1S/C13H17Cl2N/c14-13(15)12(16)10-6-2-5-9-11-7-3-1-4-8-11/h1,3-5,7-9,12-13H,2,6,10,16H2. The van der Waals surface area contributed by atoms with Gasteiger partial charge in [0.25, 0.3) is 0 Å². The quantitative estimate of drug-likeness (QED) is 0.605. The highest BCUT2D eigenvalue weighted by atomic mass is 35.5. The van der Waals surface area contributed by atoms with E-state index in [4.69, 9.17) is 28.9 Å². The number of rotatable bonds is 6. The monoisotopic (exact) mass is 257 g/mol. The Morgan fingerprint density at radius 3 is 2.50 bits per heavy atom. The number of unbranched alkanes of at least 4 members (excludes halogenated alkanes) is 1. The number of halogens is 2. The second kappa shape index (κ2) is 7.72. The van der Waals surface area contributed by atoms with Crippen molar-refractivity contribution < 1.29 is 0 Å². The van der Waals surface area contributed by atoms with Crippen molar-refractivity contribution in [3.8, 4) is 0 Å². The van der Waals surface area contributed by atoms with Crippen LogP contribution in [0.15, 0.2) is 36.4 Å². The SMILES string of the molecule is NC(CCCC=Cc1ccccc1)C(Cl)Cl. The van der Waals surface area contributed by atoms with Gasteiger partial charge < -0.3 is 5.73 Å². The maximum atomic E-state index is 5.72. The molecule has 0 spiro atoms. The van der Waals surface area contributed by atoms with Crippen LogP contribution in [0.25, 0.3) is 6.08 Å². The van der Waals surface area contributed by atoms with Gasteiger partial charge in [-0.3, -0.25) is 0 Å². The summed E-state index contributed by atoms with van der Waals surface area (Å²) in [6, 6.07) is 10.1. The van der Waals surface area contributed by atoms with Crippen LogP contribution in [0, 0.1) is 0 Å². The first kappa shape index (κ1) is 13.6. The lowest BCUT2D eigenvalue weighted by Crippen LogP contribution is -2.26. The van der Waals surface area contributed by atoms with Gasteiger partial charge in [-0.1, -0.05) is 42.5 Å². The van der Waals surface area contributed by atoms with Crippen molar-refractivity contribution in [3.05, 3.63) is 42.0 Å². The molecule has 2 N–H and O–H groups in total. The predicted molar refractivity (Wildman–Crippen MR) is 72.8 cm³/mol. The fourth-order valence-electron chi connectivity index (χ4n) is 1.38. The summed E-state index contributed by atoms with van der Waals surface area (Å²) in [5.41, 5.74) is 6.94. The summed E-state index contributed by atoms with van der Waals surface area (Å²) in [5, 5.41) is 0. The summed E-state index contributed by atoms with van der Waals surface area (Å²) in [4.78, 5) is -0.460. The average Bonchev–Trinajstić information content (AvgIpc) is 2.29. The van der Waals surface area contributed by atoms with Crippen LogP contribution in [0.1, 0.15) is 24.8 Å². The first-order valence-electron chi connectivity index (χ1n) is 5.45. The van der Waals surface area contributed by atoms with Crippen molar-refractivity contribution in [3.63, 3.8) is 0 Å². The van der Waals surface area contributed by atoms with E-state index in [9.17, 15) is 0 Å². The first-order valence-corrected chi connectivity index (χ1v) is 6.33. The van der Waals surface area contributed by atoms with Crippen molar-refractivity contribution in [1.29, 1.82) is 0 Å². The Bertz CT molecular complexity index is 309. The van der Waals surface area contributed by atoms with E-state index in [2.05, 4.69) is 24.3 Å². The van der Waals surface area contributed by atoms with Gasteiger partial charge >= 0.3 is 0 Å². The van der Waals surface area contributed by atoms with Crippen LogP contribution < -0.4 is 5.73 Å². The third-order valence-corrected chi connectivity index (χ3v) is 2.99. The van der Waals surface area contributed by atoms with Crippen LogP contribution in [0.3, 0.4) is 0 Å². The molecule has 88 valence electrons. The Morgan fingerprint density at radius 2 is 1.88 bits per heavy atom. The van der Waals surface area contributed by atoms with Gasteiger partial charge in [0.1, 0.15) is 4.84 Å². The van der Waals surface area contributed by atoms with Crippen molar-refractivity contribution in [1.82, 2.24) is 0 Å². The molecular weight excluding hydrogens is 241 g/mol. The summed E-state index contributed by atoms with van der Waals surface area (Å²) in [6.45, 7) is 0. The molecule has 0 aromatic heterocycles. The van der Waals surface area contributed by atoms with E-state index in [0.29, 0.717) is 0 Å². The van der Waals surface area contributed by atoms with Gasteiger partial charge in [0, 0.05) is 6.04 Å². The molecule has 0 saturated heterocycles. The molecule has 1 rings (SSSR count). The Kier molecular flexibility index (Phi) is 6.55. The van der Waals surface area contributed by atoms with Gasteiger partial charge in [0.15, 0.2) is 0 Å². The van der Waals surface area contributed by atoms with Gasteiger partial charge in [0.2, 0.25) is 0 Å². The summed E-state index contributed by atoms with van der Waals surface area (Å²) >= 11 is 11.3. The molecule has 16 heavy (non-hydrogen) atoms. The van der Waals surface area contributed by atoms with Gasteiger partial charge in [-0.25, -0.2) is 0 Å². The molecule has 1 unspecified atom stereocenters. The van der Waals surface area contributed by atoms with Crippen LogP contribution in [-0.2, 0) is 0 Å². The highest BCUT2D eigenvalue weighted by molar-refractivity contribution is 6.44. The zero-order valence-electron chi connectivity index (χ0n) is 9.15. The maximum Gasteiger partial charge on any atom is 0.122 e. The number of nitrogens with two attached hydrogens (primary N) is 1. The average molecular weight is 258 g/mol. The third-order valence-electron chi connectivity index (χ3n) is 2.34. The van der Waals surface area contributed by atoms with Gasteiger partial charge in [-0.2, -0.15) is 0 Å². The van der Waals surface area contributed by atoms with E-state index < -0.39 is 4.84 Å². The topological polar surface area (TPSA) is 26.0 Å². The lowest BCUT2D eigenvalue weighted by molar-refractivity contribution is 0.617. The zero-order valence-corrected chi connectivity index (χ0v) is 10.7.